The molecule has 0 aromatic heterocycles. The highest BCUT2D eigenvalue weighted by atomic mass is 79.9. The number of benzene rings is 2. The van der Waals surface area contributed by atoms with Crippen LogP contribution < -0.4 is 0 Å². The van der Waals surface area contributed by atoms with E-state index in [1.54, 1.807) is 6.07 Å². The Morgan fingerprint density at radius 2 is 1.92 bits per heavy atom. The number of halogens is 1. The monoisotopic (exact) mass is 401 g/mol. The molecule has 2 unspecified atom stereocenters. The van der Waals surface area contributed by atoms with Gasteiger partial charge in [-0.1, -0.05) is 42.0 Å². The normalized spacial score (nSPS) is 25.6. The van der Waals surface area contributed by atoms with Crippen molar-refractivity contribution in [3.05, 3.63) is 65.2 Å². The van der Waals surface area contributed by atoms with Crippen LogP contribution in [0.4, 0.5) is 0 Å². The van der Waals surface area contributed by atoms with Crippen LogP contribution >= 0.6 is 17.0 Å². The molecular weight excluding hydrogens is 374 g/mol. The fraction of sp³-hybridized carbons (Fsp3) is 0.455. The smallest absolute Gasteiger partial charge is 0.115 e. The van der Waals surface area contributed by atoms with Gasteiger partial charge in [-0.15, -0.1) is 17.0 Å². The number of rotatable bonds is 4. The second-order valence-electron chi connectivity index (χ2n) is 7.75. The first-order valence-corrected chi connectivity index (χ1v) is 9.24. The summed E-state index contributed by atoms with van der Waals surface area (Å²) in [7, 11) is 0. The van der Waals surface area contributed by atoms with Crippen LogP contribution in [0, 0.1) is 6.92 Å². The van der Waals surface area contributed by atoms with Crippen LogP contribution in [-0.4, -0.2) is 29.1 Å². The summed E-state index contributed by atoms with van der Waals surface area (Å²) in [6, 6.07) is 17.7. The number of hydrogen-bond donors (Lipinski definition) is 1. The fourth-order valence-electron chi connectivity index (χ4n) is 4.74. The highest BCUT2D eigenvalue weighted by molar-refractivity contribution is 8.93. The maximum atomic E-state index is 9.84. The standard InChI is InChI=1S/C22H27NO.BrH/c1-17-5-7-18(8-6-17)10-13-23-14-12-22(11-9-20(23)16-22)19-3-2-4-21(24)15-19;/h2-8,15,20,24H,9-14,16H2,1H3;1H. The Kier molecular flexibility index (Phi) is 5.55. The molecule has 1 saturated heterocycles. The number of fused-ring (bicyclic) bond motifs is 2. The van der Waals surface area contributed by atoms with Crippen LogP contribution in [-0.2, 0) is 11.8 Å². The molecule has 3 heteroatoms. The molecule has 2 aromatic rings. The molecule has 25 heavy (non-hydrogen) atoms. The van der Waals surface area contributed by atoms with E-state index in [4.69, 9.17) is 0 Å². The van der Waals surface area contributed by atoms with Gasteiger partial charge in [0.25, 0.3) is 0 Å². The average Bonchev–Trinajstić information content (AvgIpc) is 2.95. The van der Waals surface area contributed by atoms with Crippen LogP contribution in [0.25, 0.3) is 0 Å². The number of phenolic OH excluding ortho intramolecular Hbond substituents is 1. The summed E-state index contributed by atoms with van der Waals surface area (Å²) < 4.78 is 0. The molecule has 2 fully saturated rings. The zero-order valence-corrected chi connectivity index (χ0v) is 16.7. The van der Waals surface area contributed by atoms with Gasteiger partial charge in [-0.25, -0.2) is 0 Å². The molecular formula is C22H28BrNO. The lowest BCUT2D eigenvalue weighted by molar-refractivity contribution is 0.142. The largest absolute Gasteiger partial charge is 0.508 e. The van der Waals surface area contributed by atoms with Gasteiger partial charge in [0.15, 0.2) is 0 Å². The summed E-state index contributed by atoms with van der Waals surface area (Å²) in [4.78, 5) is 2.70. The van der Waals surface area contributed by atoms with E-state index in [1.165, 1.54) is 55.5 Å². The minimum Gasteiger partial charge on any atom is -0.508 e. The van der Waals surface area contributed by atoms with Crippen LogP contribution in [0.1, 0.15) is 42.4 Å². The molecule has 1 N–H and O–H groups in total. The minimum absolute atomic E-state index is 0. The van der Waals surface area contributed by atoms with E-state index in [-0.39, 0.29) is 17.0 Å². The van der Waals surface area contributed by atoms with Gasteiger partial charge in [0.05, 0.1) is 0 Å². The number of phenols is 1. The second kappa shape index (κ2) is 7.51. The summed E-state index contributed by atoms with van der Waals surface area (Å²) >= 11 is 0. The fourth-order valence-corrected chi connectivity index (χ4v) is 4.74. The summed E-state index contributed by atoms with van der Waals surface area (Å²) in [5.74, 6) is 0.409. The zero-order valence-electron chi connectivity index (χ0n) is 14.9. The minimum atomic E-state index is 0. The lowest BCUT2D eigenvalue weighted by Gasteiger charge is -2.40. The first kappa shape index (κ1) is 18.5. The number of hydrogen-bond acceptors (Lipinski definition) is 2. The summed E-state index contributed by atoms with van der Waals surface area (Å²) in [5.41, 5.74) is 4.44. The SMILES string of the molecule is Br.Cc1ccc(CCN2CCC3(c4cccc(O)c4)CCC2C3)cc1. The molecule has 1 saturated carbocycles. The van der Waals surface area contributed by atoms with E-state index in [0.717, 1.165) is 6.42 Å². The molecule has 2 aliphatic rings. The summed E-state index contributed by atoms with van der Waals surface area (Å²) in [5, 5.41) is 9.84. The molecule has 0 spiro atoms. The number of aromatic hydroxyl groups is 1. The Morgan fingerprint density at radius 1 is 1.12 bits per heavy atom. The molecule has 2 bridgehead atoms. The molecule has 1 aliphatic heterocycles. The average molecular weight is 402 g/mol. The van der Waals surface area contributed by atoms with E-state index >= 15 is 0 Å². The van der Waals surface area contributed by atoms with Crippen LogP contribution in [0.3, 0.4) is 0 Å². The van der Waals surface area contributed by atoms with E-state index < -0.39 is 0 Å². The third kappa shape index (κ3) is 3.78. The third-order valence-corrected chi connectivity index (χ3v) is 6.24. The maximum absolute atomic E-state index is 9.84. The van der Waals surface area contributed by atoms with E-state index in [9.17, 15) is 5.11 Å². The van der Waals surface area contributed by atoms with Crippen LogP contribution in [0.2, 0.25) is 0 Å². The van der Waals surface area contributed by atoms with Crippen molar-refractivity contribution in [2.45, 2.75) is 50.5 Å². The summed E-state index contributed by atoms with van der Waals surface area (Å²) in [6.45, 7) is 4.50. The molecule has 1 aliphatic carbocycles. The van der Waals surface area contributed by atoms with Gasteiger partial charge in [0.2, 0.25) is 0 Å². The Balaban J connectivity index is 0.00000182. The molecule has 4 rings (SSSR count). The highest BCUT2D eigenvalue weighted by Crippen LogP contribution is 2.49. The number of piperidine rings is 1. The Labute approximate surface area is 161 Å². The second-order valence-corrected chi connectivity index (χ2v) is 7.75. The van der Waals surface area contributed by atoms with Crippen molar-refractivity contribution in [2.24, 2.45) is 0 Å². The number of aryl methyl sites for hydroxylation is 1. The van der Waals surface area contributed by atoms with Gasteiger partial charge >= 0.3 is 0 Å². The van der Waals surface area contributed by atoms with E-state index in [0.29, 0.717) is 17.2 Å². The van der Waals surface area contributed by atoms with Crippen molar-refractivity contribution >= 4 is 17.0 Å². The third-order valence-electron chi connectivity index (χ3n) is 6.24. The topological polar surface area (TPSA) is 23.5 Å². The molecule has 2 nitrogen and oxygen atoms in total. The van der Waals surface area contributed by atoms with E-state index in [1.807, 2.05) is 12.1 Å². The predicted octanol–water partition coefficient (Wildman–Crippen LogP) is 5.02. The van der Waals surface area contributed by atoms with Gasteiger partial charge in [-0.3, -0.25) is 4.90 Å². The highest BCUT2D eigenvalue weighted by Gasteiger charge is 2.46. The lowest BCUT2D eigenvalue weighted by Crippen LogP contribution is -2.43. The molecule has 2 aromatic carbocycles. The quantitative estimate of drug-likeness (QED) is 0.777. The Hall–Kier alpha value is -1.32. The zero-order chi connectivity index (χ0) is 16.6. The number of nitrogens with zero attached hydrogens (tertiary/aromatic N) is 1. The van der Waals surface area contributed by atoms with Crippen molar-refractivity contribution in [3.63, 3.8) is 0 Å². The van der Waals surface area contributed by atoms with Gasteiger partial charge in [0.1, 0.15) is 5.75 Å². The van der Waals surface area contributed by atoms with Crippen molar-refractivity contribution in [3.8, 4) is 5.75 Å². The maximum Gasteiger partial charge on any atom is 0.115 e. The summed E-state index contributed by atoms with van der Waals surface area (Å²) in [6.07, 6.45) is 6.19. The molecule has 1 heterocycles. The molecule has 0 radical (unpaired) electrons. The van der Waals surface area contributed by atoms with Crippen molar-refractivity contribution in [1.82, 2.24) is 4.90 Å². The van der Waals surface area contributed by atoms with Gasteiger partial charge in [0, 0.05) is 12.6 Å². The van der Waals surface area contributed by atoms with Crippen LogP contribution in [0.5, 0.6) is 5.75 Å². The Bertz CT molecular complexity index is 714. The lowest BCUT2D eigenvalue weighted by atomic mass is 9.74. The van der Waals surface area contributed by atoms with Gasteiger partial charge in [-0.05, 0) is 74.2 Å². The van der Waals surface area contributed by atoms with Gasteiger partial charge in [-0.2, -0.15) is 0 Å². The first-order chi connectivity index (χ1) is 11.6. The molecule has 2 atom stereocenters. The van der Waals surface area contributed by atoms with Crippen molar-refractivity contribution in [2.75, 3.05) is 13.1 Å². The van der Waals surface area contributed by atoms with Crippen LogP contribution in [0.15, 0.2) is 48.5 Å². The van der Waals surface area contributed by atoms with E-state index in [2.05, 4.69) is 42.2 Å². The predicted molar refractivity (Wildman–Crippen MR) is 109 cm³/mol. The molecule has 0 amide bonds. The first-order valence-electron chi connectivity index (χ1n) is 9.24. The number of likely N-dealkylation sites (tertiary alicyclic amines) is 1. The Morgan fingerprint density at radius 3 is 2.68 bits per heavy atom. The molecule has 134 valence electrons. The van der Waals surface area contributed by atoms with Crippen molar-refractivity contribution < 1.29 is 5.11 Å². The van der Waals surface area contributed by atoms with Crippen molar-refractivity contribution in [1.29, 1.82) is 0 Å². The van der Waals surface area contributed by atoms with Gasteiger partial charge < -0.3 is 5.11 Å².